The SMILES string of the molecule is CN[SiH](NC)C(C)C. The number of nitrogens with one attached hydrogen (secondary N) is 2. The van der Waals surface area contributed by atoms with E-state index in [0.29, 0.717) is 0 Å². The highest BCUT2D eigenvalue weighted by atomic mass is 28.3. The first-order chi connectivity index (χ1) is 3.72. The molecule has 3 heteroatoms. The minimum Gasteiger partial charge on any atom is -0.331 e. The van der Waals surface area contributed by atoms with Crippen LogP contribution < -0.4 is 9.96 Å². The molecule has 0 spiro atoms. The molecule has 0 amide bonds. The van der Waals surface area contributed by atoms with Crippen LogP contribution in [0.4, 0.5) is 0 Å². The predicted molar refractivity (Wildman–Crippen MR) is 40.4 cm³/mol. The van der Waals surface area contributed by atoms with Crippen molar-refractivity contribution in [3.8, 4) is 0 Å². The maximum atomic E-state index is 3.28. The molecular weight excluding hydrogens is 116 g/mol. The van der Waals surface area contributed by atoms with E-state index in [1.807, 2.05) is 14.1 Å². The van der Waals surface area contributed by atoms with E-state index >= 15 is 0 Å². The van der Waals surface area contributed by atoms with Crippen molar-refractivity contribution >= 4 is 9.12 Å². The summed E-state index contributed by atoms with van der Waals surface area (Å²) in [5.74, 6) is 0. The summed E-state index contributed by atoms with van der Waals surface area (Å²) in [6, 6.07) is 0. The maximum absolute atomic E-state index is 3.28. The van der Waals surface area contributed by atoms with Gasteiger partial charge in [-0.15, -0.1) is 0 Å². The van der Waals surface area contributed by atoms with E-state index in [1.165, 1.54) is 0 Å². The molecule has 0 aromatic heterocycles. The molecule has 2 nitrogen and oxygen atoms in total. The molecular formula is C5H16N2Si. The second-order valence-corrected chi connectivity index (χ2v) is 5.74. The Morgan fingerprint density at radius 1 is 1.12 bits per heavy atom. The lowest BCUT2D eigenvalue weighted by atomic mass is 10.6. The van der Waals surface area contributed by atoms with E-state index in [2.05, 4.69) is 23.8 Å². The summed E-state index contributed by atoms with van der Waals surface area (Å²) in [7, 11) is 3.28. The zero-order valence-electron chi connectivity index (χ0n) is 6.15. The summed E-state index contributed by atoms with van der Waals surface area (Å²) in [6.45, 7) is 4.48. The predicted octanol–water partition coefficient (Wildman–Crippen LogP) is 0.0557. The minimum absolute atomic E-state index is 0.765. The van der Waals surface area contributed by atoms with Crippen molar-refractivity contribution in [3.63, 3.8) is 0 Å². The standard InChI is InChI=1S/C5H16N2Si/c1-5(2)8(6-3)7-4/h5-8H,1-4H3. The van der Waals surface area contributed by atoms with Gasteiger partial charge in [-0.25, -0.2) is 0 Å². The zero-order chi connectivity index (χ0) is 6.57. The molecule has 0 bridgehead atoms. The third-order valence-electron chi connectivity index (χ3n) is 1.29. The average Bonchev–Trinajstić information content (AvgIpc) is 1.69. The smallest absolute Gasteiger partial charge is 0.186 e. The van der Waals surface area contributed by atoms with E-state index in [4.69, 9.17) is 0 Å². The summed E-state index contributed by atoms with van der Waals surface area (Å²) >= 11 is 0. The van der Waals surface area contributed by atoms with E-state index in [1.54, 1.807) is 0 Å². The fourth-order valence-corrected chi connectivity index (χ4v) is 2.43. The highest BCUT2D eigenvalue weighted by molar-refractivity contribution is 6.54. The third-order valence-corrected chi connectivity index (χ3v) is 3.87. The van der Waals surface area contributed by atoms with Gasteiger partial charge >= 0.3 is 0 Å². The lowest BCUT2D eigenvalue weighted by Gasteiger charge is -2.15. The Labute approximate surface area is 53.4 Å². The molecule has 0 heterocycles. The normalized spacial score (nSPS) is 11.2. The van der Waals surface area contributed by atoms with Crippen molar-refractivity contribution < 1.29 is 0 Å². The Bertz CT molecular complexity index is 52.4. The monoisotopic (exact) mass is 132 g/mol. The van der Waals surface area contributed by atoms with Crippen molar-refractivity contribution in [2.75, 3.05) is 14.1 Å². The lowest BCUT2D eigenvalue weighted by molar-refractivity contribution is 0.924. The topological polar surface area (TPSA) is 24.1 Å². The fraction of sp³-hybridized carbons (Fsp3) is 1.00. The maximum Gasteiger partial charge on any atom is 0.186 e. The van der Waals surface area contributed by atoms with Crippen LogP contribution in [-0.4, -0.2) is 23.2 Å². The van der Waals surface area contributed by atoms with Crippen LogP contribution in [0.1, 0.15) is 13.8 Å². The lowest BCUT2D eigenvalue weighted by Crippen LogP contribution is -2.45. The first-order valence-electron chi connectivity index (χ1n) is 3.07. The van der Waals surface area contributed by atoms with Crippen LogP contribution in [0.15, 0.2) is 0 Å². The van der Waals surface area contributed by atoms with Crippen molar-refractivity contribution in [2.45, 2.75) is 19.4 Å². The molecule has 0 aromatic carbocycles. The van der Waals surface area contributed by atoms with Crippen LogP contribution in [0, 0.1) is 0 Å². The molecule has 50 valence electrons. The summed E-state index contributed by atoms with van der Waals surface area (Å²) < 4.78 is 0. The van der Waals surface area contributed by atoms with Gasteiger partial charge in [0.2, 0.25) is 0 Å². The van der Waals surface area contributed by atoms with E-state index in [0.717, 1.165) is 5.54 Å². The quantitative estimate of drug-likeness (QED) is 0.530. The first kappa shape index (κ1) is 8.14. The van der Waals surface area contributed by atoms with Gasteiger partial charge in [0.25, 0.3) is 0 Å². The van der Waals surface area contributed by atoms with E-state index in [9.17, 15) is 0 Å². The van der Waals surface area contributed by atoms with Gasteiger partial charge in [0, 0.05) is 0 Å². The molecule has 0 saturated carbocycles. The average molecular weight is 132 g/mol. The van der Waals surface area contributed by atoms with Gasteiger partial charge in [0.1, 0.15) is 0 Å². The highest BCUT2D eigenvalue weighted by Crippen LogP contribution is 1.99. The van der Waals surface area contributed by atoms with Crippen LogP contribution in [-0.2, 0) is 0 Å². The Morgan fingerprint density at radius 3 is 1.50 bits per heavy atom. The Morgan fingerprint density at radius 2 is 1.50 bits per heavy atom. The van der Waals surface area contributed by atoms with E-state index < -0.39 is 9.12 Å². The second kappa shape index (κ2) is 4.06. The van der Waals surface area contributed by atoms with Gasteiger partial charge in [-0.2, -0.15) is 0 Å². The highest BCUT2D eigenvalue weighted by Gasteiger charge is 2.08. The molecule has 0 rings (SSSR count). The molecule has 0 saturated heterocycles. The Kier molecular flexibility index (Phi) is 4.13. The van der Waals surface area contributed by atoms with Crippen LogP contribution in [0.3, 0.4) is 0 Å². The van der Waals surface area contributed by atoms with Gasteiger partial charge < -0.3 is 9.96 Å². The molecule has 0 radical (unpaired) electrons. The number of hydrogen-bond acceptors (Lipinski definition) is 2. The molecule has 0 unspecified atom stereocenters. The largest absolute Gasteiger partial charge is 0.331 e. The van der Waals surface area contributed by atoms with Crippen LogP contribution >= 0.6 is 0 Å². The number of rotatable bonds is 3. The fourth-order valence-electron chi connectivity index (χ4n) is 0.811. The summed E-state index contributed by atoms with van der Waals surface area (Å²) in [6.07, 6.45) is 0. The van der Waals surface area contributed by atoms with Gasteiger partial charge in [-0.05, 0) is 19.6 Å². The third kappa shape index (κ3) is 2.45. The number of hydrogen-bond donors (Lipinski definition) is 2. The summed E-state index contributed by atoms with van der Waals surface area (Å²) in [4.78, 5) is 6.56. The zero-order valence-corrected chi connectivity index (χ0v) is 7.31. The Balaban J connectivity index is 3.35. The molecule has 0 fully saturated rings. The Hall–Kier alpha value is 0.137. The van der Waals surface area contributed by atoms with Crippen molar-refractivity contribution in [2.24, 2.45) is 0 Å². The van der Waals surface area contributed by atoms with Gasteiger partial charge in [0.15, 0.2) is 9.12 Å². The molecule has 0 aliphatic carbocycles. The molecule has 0 aromatic rings. The first-order valence-corrected chi connectivity index (χ1v) is 4.89. The van der Waals surface area contributed by atoms with Gasteiger partial charge in [-0.1, -0.05) is 13.8 Å². The molecule has 2 N–H and O–H groups in total. The van der Waals surface area contributed by atoms with Gasteiger partial charge in [0.05, 0.1) is 0 Å². The molecule has 8 heavy (non-hydrogen) atoms. The van der Waals surface area contributed by atoms with Crippen molar-refractivity contribution in [1.82, 2.24) is 9.96 Å². The summed E-state index contributed by atoms with van der Waals surface area (Å²) in [5.41, 5.74) is 0.796. The molecule has 0 aliphatic heterocycles. The summed E-state index contributed by atoms with van der Waals surface area (Å²) in [5, 5.41) is 0. The minimum atomic E-state index is -0.765. The van der Waals surface area contributed by atoms with Gasteiger partial charge in [-0.3, -0.25) is 0 Å². The van der Waals surface area contributed by atoms with Crippen molar-refractivity contribution in [3.05, 3.63) is 0 Å². The van der Waals surface area contributed by atoms with Crippen LogP contribution in [0.5, 0.6) is 0 Å². The molecule has 0 atom stereocenters. The van der Waals surface area contributed by atoms with Crippen LogP contribution in [0.25, 0.3) is 0 Å². The van der Waals surface area contributed by atoms with Crippen molar-refractivity contribution in [1.29, 1.82) is 0 Å². The van der Waals surface area contributed by atoms with E-state index in [-0.39, 0.29) is 0 Å². The second-order valence-electron chi connectivity index (χ2n) is 2.30. The molecule has 0 aliphatic rings. The van der Waals surface area contributed by atoms with Crippen LogP contribution in [0.2, 0.25) is 5.54 Å².